The molecule has 5 heteroatoms. The molecule has 1 rings (SSSR count). The Balaban J connectivity index is 3.38. The molecular weight excluding hydrogens is 377 g/mol. The molecular formula is C12H21ClINSi2. The molecule has 0 N–H and O–H groups in total. The van der Waals surface area contributed by atoms with Crippen molar-refractivity contribution >= 4 is 56.4 Å². The van der Waals surface area contributed by atoms with E-state index in [0.29, 0.717) is 0 Å². The summed E-state index contributed by atoms with van der Waals surface area (Å²) in [6, 6.07) is 6.21. The van der Waals surface area contributed by atoms with Crippen molar-refractivity contribution in [2.45, 2.75) is 39.3 Å². The van der Waals surface area contributed by atoms with Crippen molar-refractivity contribution in [2.24, 2.45) is 0 Å². The Kier molecular flexibility index (Phi) is 4.77. The highest BCUT2D eigenvalue weighted by Gasteiger charge is 2.35. The third-order valence-electron chi connectivity index (χ3n) is 2.49. The summed E-state index contributed by atoms with van der Waals surface area (Å²) in [5, 5.41) is 0.835. The summed E-state index contributed by atoms with van der Waals surface area (Å²) in [4.78, 5) is 0. The minimum Gasteiger partial charge on any atom is -0.424 e. The molecule has 0 aliphatic rings. The van der Waals surface area contributed by atoms with Gasteiger partial charge in [0, 0.05) is 14.3 Å². The second kappa shape index (κ2) is 5.23. The van der Waals surface area contributed by atoms with Crippen LogP contribution >= 0.6 is 34.2 Å². The third-order valence-corrected chi connectivity index (χ3v) is 10.8. The van der Waals surface area contributed by atoms with Gasteiger partial charge in [-0.2, -0.15) is 0 Å². The van der Waals surface area contributed by atoms with E-state index in [0.717, 1.165) is 5.02 Å². The Morgan fingerprint density at radius 2 is 1.47 bits per heavy atom. The minimum atomic E-state index is -1.39. The van der Waals surface area contributed by atoms with Crippen LogP contribution in [0.5, 0.6) is 0 Å². The lowest BCUT2D eigenvalue weighted by molar-refractivity contribution is 1.34. The number of nitrogens with zero attached hydrogens (tertiary/aromatic N) is 1. The first kappa shape index (κ1) is 15.5. The van der Waals surface area contributed by atoms with Crippen molar-refractivity contribution in [2.75, 3.05) is 4.23 Å². The molecule has 0 heterocycles. The molecule has 0 aliphatic heterocycles. The first-order valence-electron chi connectivity index (χ1n) is 5.79. The van der Waals surface area contributed by atoms with Gasteiger partial charge in [0.15, 0.2) is 0 Å². The quantitative estimate of drug-likeness (QED) is 0.486. The number of hydrogen-bond acceptors (Lipinski definition) is 1. The smallest absolute Gasteiger partial charge is 0.138 e. The first-order chi connectivity index (χ1) is 7.53. The van der Waals surface area contributed by atoms with E-state index in [1.807, 2.05) is 6.07 Å². The summed E-state index contributed by atoms with van der Waals surface area (Å²) in [6.07, 6.45) is 0. The van der Waals surface area contributed by atoms with Crippen LogP contribution in [-0.4, -0.2) is 16.5 Å². The minimum absolute atomic E-state index is 0.835. The number of hydrogen-bond donors (Lipinski definition) is 0. The number of halogens is 2. The van der Waals surface area contributed by atoms with Crippen LogP contribution in [0.3, 0.4) is 0 Å². The SMILES string of the molecule is C[Si](C)(C)N(c1cc(Cl)ccc1I)[Si](C)(C)C. The van der Waals surface area contributed by atoms with Gasteiger partial charge in [-0.25, -0.2) is 0 Å². The molecule has 0 atom stereocenters. The molecule has 0 bridgehead atoms. The van der Waals surface area contributed by atoms with Gasteiger partial charge < -0.3 is 4.23 Å². The van der Waals surface area contributed by atoms with E-state index >= 15 is 0 Å². The fourth-order valence-electron chi connectivity index (χ4n) is 2.39. The molecule has 96 valence electrons. The fraction of sp³-hybridized carbons (Fsp3) is 0.500. The zero-order valence-electron chi connectivity index (χ0n) is 11.4. The summed E-state index contributed by atoms with van der Waals surface area (Å²) >= 11 is 8.58. The van der Waals surface area contributed by atoms with Crippen LogP contribution in [0.15, 0.2) is 18.2 Å². The maximum Gasteiger partial charge on any atom is 0.138 e. The number of rotatable bonds is 3. The molecule has 0 fully saturated rings. The van der Waals surface area contributed by atoms with Gasteiger partial charge in [-0.3, -0.25) is 0 Å². The monoisotopic (exact) mass is 397 g/mol. The van der Waals surface area contributed by atoms with Gasteiger partial charge in [0.2, 0.25) is 0 Å². The summed E-state index contributed by atoms with van der Waals surface area (Å²) in [5.41, 5.74) is 1.33. The lowest BCUT2D eigenvalue weighted by Crippen LogP contribution is -2.59. The van der Waals surface area contributed by atoms with Gasteiger partial charge in [-0.05, 0) is 40.8 Å². The second-order valence-electron chi connectivity index (χ2n) is 6.27. The lowest BCUT2D eigenvalue weighted by atomic mass is 10.3. The molecule has 1 nitrogen and oxygen atoms in total. The normalized spacial score (nSPS) is 12.7. The summed E-state index contributed by atoms with van der Waals surface area (Å²) < 4.78 is 4.00. The van der Waals surface area contributed by atoms with Gasteiger partial charge in [0.05, 0.1) is 0 Å². The molecule has 0 amide bonds. The number of benzene rings is 1. The molecule has 0 unspecified atom stereocenters. The molecule has 0 aromatic heterocycles. The summed E-state index contributed by atoms with van der Waals surface area (Å²) in [6.45, 7) is 14.4. The van der Waals surface area contributed by atoms with E-state index < -0.39 is 16.5 Å². The van der Waals surface area contributed by atoms with Crippen molar-refractivity contribution < 1.29 is 0 Å². The highest BCUT2D eigenvalue weighted by molar-refractivity contribution is 14.1. The van der Waals surface area contributed by atoms with Crippen LogP contribution in [-0.2, 0) is 0 Å². The van der Waals surface area contributed by atoms with Gasteiger partial charge in [-0.15, -0.1) is 0 Å². The van der Waals surface area contributed by atoms with E-state index in [4.69, 9.17) is 11.6 Å². The van der Waals surface area contributed by atoms with Crippen LogP contribution in [0.25, 0.3) is 0 Å². The Bertz CT molecular complexity index is 396. The predicted molar refractivity (Wildman–Crippen MR) is 93.3 cm³/mol. The lowest BCUT2D eigenvalue weighted by Gasteiger charge is -2.46. The standard InChI is InChI=1S/C12H21ClINSi2/c1-16(2,3)15(17(4,5)6)12-9-10(13)7-8-11(12)14/h7-9H,1-6H3. The molecule has 17 heavy (non-hydrogen) atoms. The van der Waals surface area contributed by atoms with E-state index in [2.05, 4.69) is 78.2 Å². The maximum atomic E-state index is 6.16. The molecule has 1 aromatic carbocycles. The average molecular weight is 398 g/mol. The summed E-state index contributed by atoms with van der Waals surface area (Å²) in [7, 11) is -2.77. The van der Waals surface area contributed by atoms with Crippen molar-refractivity contribution in [3.8, 4) is 0 Å². The Morgan fingerprint density at radius 3 is 1.88 bits per heavy atom. The fourth-order valence-corrected chi connectivity index (χ4v) is 13.4. The molecule has 0 spiro atoms. The van der Waals surface area contributed by atoms with Crippen molar-refractivity contribution in [1.82, 2.24) is 0 Å². The van der Waals surface area contributed by atoms with Gasteiger partial charge >= 0.3 is 0 Å². The molecule has 0 saturated carbocycles. The Hall–Kier alpha value is 0.474. The van der Waals surface area contributed by atoms with Crippen LogP contribution in [0, 0.1) is 3.57 Å². The van der Waals surface area contributed by atoms with Crippen molar-refractivity contribution in [1.29, 1.82) is 0 Å². The topological polar surface area (TPSA) is 3.24 Å². The number of anilines is 1. The first-order valence-corrected chi connectivity index (χ1v) is 14.1. The Labute approximate surface area is 126 Å². The highest BCUT2D eigenvalue weighted by atomic mass is 127. The summed E-state index contributed by atoms with van der Waals surface area (Å²) in [5.74, 6) is 0. The van der Waals surface area contributed by atoms with Crippen LogP contribution in [0.2, 0.25) is 44.3 Å². The van der Waals surface area contributed by atoms with Crippen molar-refractivity contribution in [3.05, 3.63) is 26.8 Å². The predicted octanol–water partition coefficient (Wildman–Crippen LogP) is 5.42. The van der Waals surface area contributed by atoms with E-state index in [9.17, 15) is 0 Å². The van der Waals surface area contributed by atoms with Crippen molar-refractivity contribution in [3.63, 3.8) is 0 Å². The van der Waals surface area contributed by atoms with E-state index in [-0.39, 0.29) is 0 Å². The van der Waals surface area contributed by atoms with E-state index in [1.165, 1.54) is 9.26 Å². The van der Waals surface area contributed by atoms with Gasteiger partial charge in [0.25, 0.3) is 0 Å². The third kappa shape index (κ3) is 3.97. The largest absolute Gasteiger partial charge is 0.424 e. The van der Waals surface area contributed by atoms with Gasteiger partial charge in [-0.1, -0.05) is 50.9 Å². The van der Waals surface area contributed by atoms with Crippen LogP contribution in [0.1, 0.15) is 0 Å². The second-order valence-corrected chi connectivity index (χ2v) is 17.9. The molecule has 1 aromatic rings. The Morgan fingerprint density at radius 1 is 1.00 bits per heavy atom. The average Bonchev–Trinajstić information content (AvgIpc) is 2.06. The molecule has 0 saturated heterocycles. The maximum absolute atomic E-state index is 6.16. The van der Waals surface area contributed by atoms with E-state index in [1.54, 1.807) is 0 Å². The van der Waals surface area contributed by atoms with Crippen LogP contribution < -0.4 is 4.23 Å². The molecule has 0 radical (unpaired) electrons. The van der Waals surface area contributed by atoms with Gasteiger partial charge in [0.1, 0.15) is 16.5 Å². The molecule has 0 aliphatic carbocycles. The zero-order valence-corrected chi connectivity index (χ0v) is 16.3. The van der Waals surface area contributed by atoms with Crippen LogP contribution in [0.4, 0.5) is 5.69 Å². The zero-order chi connectivity index (χ0) is 13.4. The highest BCUT2D eigenvalue weighted by Crippen LogP contribution is 2.33.